The second-order valence-corrected chi connectivity index (χ2v) is 7.19. The van der Waals surface area contributed by atoms with Crippen LogP contribution in [0.3, 0.4) is 0 Å². The Kier molecular flexibility index (Phi) is 6.86. The number of nitrogens with zero attached hydrogens (tertiary/aromatic N) is 2. The molecule has 0 fully saturated rings. The van der Waals surface area contributed by atoms with E-state index in [4.69, 9.17) is 14.2 Å². The molecular formula is C24H19F3N4O4. The van der Waals surface area contributed by atoms with Crippen LogP contribution in [0.15, 0.2) is 54.9 Å². The monoisotopic (exact) mass is 484 g/mol. The van der Waals surface area contributed by atoms with Gasteiger partial charge in [0.15, 0.2) is 11.5 Å². The fourth-order valence-electron chi connectivity index (χ4n) is 3.22. The van der Waals surface area contributed by atoms with Crippen LogP contribution in [0.1, 0.15) is 5.56 Å². The number of benzene rings is 3. The van der Waals surface area contributed by atoms with Gasteiger partial charge in [0.2, 0.25) is 5.88 Å². The second-order valence-electron chi connectivity index (χ2n) is 7.19. The van der Waals surface area contributed by atoms with Crippen LogP contribution in [0.2, 0.25) is 0 Å². The molecule has 0 aliphatic heterocycles. The van der Waals surface area contributed by atoms with E-state index in [2.05, 4.69) is 20.6 Å². The van der Waals surface area contributed by atoms with Crippen molar-refractivity contribution >= 4 is 22.6 Å². The van der Waals surface area contributed by atoms with Crippen molar-refractivity contribution in [2.24, 2.45) is 0 Å². The van der Waals surface area contributed by atoms with Gasteiger partial charge in [0, 0.05) is 30.3 Å². The van der Waals surface area contributed by atoms with Crippen molar-refractivity contribution in [3.63, 3.8) is 0 Å². The summed E-state index contributed by atoms with van der Waals surface area (Å²) in [5, 5.41) is 5.22. The molecule has 8 nitrogen and oxygen atoms in total. The number of hydrogen-bond acceptors (Lipinski definition) is 6. The number of urea groups is 1. The van der Waals surface area contributed by atoms with Crippen LogP contribution in [-0.4, -0.2) is 30.2 Å². The van der Waals surface area contributed by atoms with Gasteiger partial charge < -0.3 is 24.8 Å². The summed E-state index contributed by atoms with van der Waals surface area (Å²) in [6, 6.07) is 9.33. The Morgan fingerprint density at radius 1 is 0.914 bits per heavy atom. The molecule has 0 saturated carbocycles. The third-order valence-corrected chi connectivity index (χ3v) is 4.96. The molecule has 0 radical (unpaired) electrons. The highest BCUT2D eigenvalue weighted by molar-refractivity contribution is 5.89. The first-order chi connectivity index (χ1) is 16.9. The lowest BCUT2D eigenvalue weighted by atomic mass is 10.2. The molecule has 2 N–H and O–H groups in total. The molecule has 0 spiro atoms. The Bertz CT molecular complexity index is 1400. The molecular weight excluding hydrogens is 465 g/mol. The summed E-state index contributed by atoms with van der Waals surface area (Å²) in [5.41, 5.74) is 0.478. The molecule has 3 aromatic carbocycles. The average molecular weight is 484 g/mol. The largest absolute Gasteiger partial charge is 0.493 e. The van der Waals surface area contributed by atoms with E-state index in [-0.39, 0.29) is 29.4 Å². The van der Waals surface area contributed by atoms with Gasteiger partial charge in [-0.2, -0.15) is 0 Å². The number of hydrogen-bond donors (Lipinski definition) is 2. The summed E-state index contributed by atoms with van der Waals surface area (Å²) in [6.45, 7) is -0.213. The van der Waals surface area contributed by atoms with E-state index >= 15 is 0 Å². The second kappa shape index (κ2) is 10.2. The number of fused-ring (bicyclic) bond motifs is 1. The molecule has 0 bridgehead atoms. The minimum Gasteiger partial charge on any atom is -0.493 e. The Labute approximate surface area is 197 Å². The number of nitrogens with one attached hydrogen (secondary N) is 2. The fraction of sp³-hybridized carbons (Fsp3) is 0.125. The van der Waals surface area contributed by atoms with Gasteiger partial charge in [-0.25, -0.2) is 27.9 Å². The lowest BCUT2D eigenvalue weighted by molar-refractivity contribution is 0.251. The molecule has 180 valence electrons. The van der Waals surface area contributed by atoms with E-state index in [9.17, 15) is 18.0 Å². The van der Waals surface area contributed by atoms with Crippen LogP contribution in [0.4, 0.5) is 23.7 Å². The van der Waals surface area contributed by atoms with Crippen molar-refractivity contribution in [1.82, 2.24) is 15.3 Å². The van der Waals surface area contributed by atoms with Crippen LogP contribution >= 0.6 is 0 Å². The van der Waals surface area contributed by atoms with Crippen LogP contribution in [0, 0.1) is 17.5 Å². The zero-order chi connectivity index (χ0) is 24.9. The molecule has 4 aromatic rings. The lowest BCUT2D eigenvalue weighted by Crippen LogP contribution is -2.28. The Morgan fingerprint density at radius 2 is 1.69 bits per heavy atom. The zero-order valence-corrected chi connectivity index (χ0v) is 18.6. The third-order valence-electron chi connectivity index (χ3n) is 4.96. The van der Waals surface area contributed by atoms with E-state index in [1.54, 1.807) is 12.1 Å². The molecule has 0 atom stereocenters. The summed E-state index contributed by atoms with van der Waals surface area (Å²) in [6.07, 6.45) is 1.30. The molecule has 0 unspecified atom stereocenters. The topological polar surface area (TPSA) is 94.6 Å². The molecule has 2 amide bonds. The maximum absolute atomic E-state index is 14.6. The van der Waals surface area contributed by atoms with E-state index in [1.165, 1.54) is 38.7 Å². The van der Waals surface area contributed by atoms with Gasteiger partial charge in [-0.15, -0.1) is 0 Å². The van der Waals surface area contributed by atoms with Gasteiger partial charge in [0.1, 0.15) is 29.5 Å². The first kappa shape index (κ1) is 23.6. The minimum atomic E-state index is -0.800. The number of ether oxygens (including phenoxy) is 3. The van der Waals surface area contributed by atoms with Gasteiger partial charge >= 0.3 is 6.03 Å². The van der Waals surface area contributed by atoms with E-state index < -0.39 is 23.5 Å². The Morgan fingerprint density at radius 3 is 2.40 bits per heavy atom. The number of carbonyl (C=O) groups excluding carboxylic acids is 1. The van der Waals surface area contributed by atoms with Gasteiger partial charge in [0.25, 0.3) is 0 Å². The molecule has 0 aliphatic rings. The number of methoxy groups -OCH3 is 2. The Hall–Kier alpha value is -4.54. The van der Waals surface area contributed by atoms with Gasteiger partial charge in [0.05, 0.1) is 30.8 Å². The average Bonchev–Trinajstić information content (AvgIpc) is 2.84. The summed E-state index contributed by atoms with van der Waals surface area (Å²) < 4.78 is 57.6. The van der Waals surface area contributed by atoms with Crippen LogP contribution in [0.5, 0.6) is 23.1 Å². The van der Waals surface area contributed by atoms with E-state index in [1.807, 2.05) is 0 Å². The van der Waals surface area contributed by atoms with Crippen molar-refractivity contribution in [2.75, 3.05) is 19.5 Å². The molecule has 4 rings (SSSR count). The fourth-order valence-corrected chi connectivity index (χ4v) is 3.22. The highest BCUT2D eigenvalue weighted by Crippen LogP contribution is 2.36. The number of anilines is 1. The maximum atomic E-state index is 14.6. The lowest BCUT2D eigenvalue weighted by Gasteiger charge is -2.12. The molecule has 11 heteroatoms. The number of amides is 2. The third kappa shape index (κ3) is 5.35. The number of halogens is 3. The summed E-state index contributed by atoms with van der Waals surface area (Å²) in [7, 11) is 2.99. The molecule has 0 saturated heterocycles. The molecule has 35 heavy (non-hydrogen) atoms. The van der Waals surface area contributed by atoms with Crippen LogP contribution in [0.25, 0.3) is 10.9 Å². The van der Waals surface area contributed by atoms with E-state index in [0.717, 1.165) is 12.1 Å². The van der Waals surface area contributed by atoms with Gasteiger partial charge in [-0.3, -0.25) is 0 Å². The van der Waals surface area contributed by atoms with Gasteiger partial charge in [-0.1, -0.05) is 6.07 Å². The summed E-state index contributed by atoms with van der Waals surface area (Å²) in [4.78, 5) is 20.4. The number of carbonyl (C=O) groups is 1. The predicted octanol–water partition coefficient (Wildman–Crippen LogP) is 5.18. The standard InChI is InChI=1S/C24H19F3N4O4/c1-33-21-9-16-20(10-22(21)34-2)29-12-30-23(16)35-15-5-6-19(18(27)8-15)31-24(32)28-11-13-3-4-14(25)7-17(13)26/h3-10,12H,11H2,1-2H3,(H2,28,31,32). The summed E-state index contributed by atoms with van der Waals surface area (Å²) >= 11 is 0. The highest BCUT2D eigenvalue weighted by atomic mass is 19.1. The molecule has 1 aromatic heterocycles. The van der Waals surface area contributed by atoms with Crippen LogP contribution in [-0.2, 0) is 6.54 Å². The quantitative estimate of drug-likeness (QED) is 0.376. The first-order valence-electron chi connectivity index (χ1n) is 10.2. The number of aromatic nitrogens is 2. The van der Waals surface area contributed by atoms with Gasteiger partial charge in [-0.05, 0) is 24.3 Å². The molecule has 0 aliphatic carbocycles. The minimum absolute atomic E-state index is 0.0806. The van der Waals surface area contributed by atoms with Crippen molar-refractivity contribution in [3.05, 3.63) is 77.9 Å². The van der Waals surface area contributed by atoms with Crippen LogP contribution < -0.4 is 24.8 Å². The first-order valence-corrected chi connectivity index (χ1v) is 10.2. The smallest absolute Gasteiger partial charge is 0.319 e. The van der Waals surface area contributed by atoms with Crippen molar-refractivity contribution in [1.29, 1.82) is 0 Å². The zero-order valence-electron chi connectivity index (χ0n) is 18.6. The predicted molar refractivity (Wildman–Crippen MR) is 121 cm³/mol. The van der Waals surface area contributed by atoms with Crippen molar-refractivity contribution in [3.8, 4) is 23.1 Å². The molecule has 1 heterocycles. The SMILES string of the molecule is COc1cc2ncnc(Oc3ccc(NC(=O)NCc4ccc(F)cc4F)c(F)c3)c2cc1OC. The number of rotatable bonds is 7. The van der Waals surface area contributed by atoms with E-state index in [0.29, 0.717) is 28.5 Å². The maximum Gasteiger partial charge on any atom is 0.319 e. The van der Waals surface area contributed by atoms with Crippen molar-refractivity contribution in [2.45, 2.75) is 6.54 Å². The van der Waals surface area contributed by atoms with Crippen molar-refractivity contribution < 1.29 is 32.2 Å². The summed E-state index contributed by atoms with van der Waals surface area (Å²) in [5.74, 6) is -1.10. The Balaban J connectivity index is 1.46. The normalized spacial score (nSPS) is 10.7. The highest BCUT2D eigenvalue weighted by Gasteiger charge is 2.14.